The second-order valence-electron chi connectivity index (χ2n) is 7.45. The fraction of sp³-hybridized carbons (Fsp3) is 0.471. The first kappa shape index (κ1) is 22.0. The summed E-state index contributed by atoms with van der Waals surface area (Å²) in [5.41, 5.74) is -1.48. The lowest BCUT2D eigenvalue weighted by Gasteiger charge is -2.19. The summed E-state index contributed by atoms with van der Waals surface area (Å²) in [5, 5.41) is 7.07. The highest BCUT2D eigenvalue weighted by molar-refractivity contribution is 8.05. The lowest BCUT2D eigenvalue weighted by atomic mass is 10.1. The predicted molar refractivity (Wildman–Crippen MR) is 97.9 cm³/mol. The van der Waals surface area contributed by atoms with Gasteiger partial charge in [0, 0.05) is 24.9 Å². The Morgan fingerprint density at radius 2 is 1.97 bits per heavy atom. The molecule has 0 N–H and O–H groups in total. The van der Waals surface area contributed by atoms with Gasteiger partial charge in [0.2, 0.25) is 15.7 Å². The lowest BCUT2D eigenvalue weighted by Crippen LogP contribution is -2.31. The molecule has 0 fully saturated rings. The summed E-state index contributed by atoms with van der Waals surface area (Å²) in [6.07, 6.45) is -6.50. The minimum atomic E-state index is -4.76. The molecule has 1 aliphatic heterocycles. The maximum absolute atomic E-state index is 14.3. The number of fused-ring (bicyclic) bond motifs is 1. The number of halogens is 4. The van der Waals surface area contributed by atoms with Gasteiger partial charge in [-0.2, -0.15) is 13.2 Å². The van der Waals surface area contributed by atoms with Crippen molar-refractivity contribution < 1.29 is 40.1 Å². The lowest BCUT2D eigenvalue weighted by molar-refractivity contribution is -0.151. The van der Waals surface area contributed by atoms with E-state index < -0.39 is 51.2 Å². The van der Waals surface area contributed by atoms with E-state index in [1.54, 1.807) is 13.8 Å². The Morgan fingerprint density at radius 1 is 1.30 bits per heavy atom. The topological polar surface area (TPSA) is 102 Å². The van der Waals surface area contributed by atoms with E-state index >= 15 is 0 Å². The summed E-state index contributed by atoms with van der Waals surface area (Å²) >= 11 is 0. The van der Waals surface area contributed by atoms with Gasteiger partial charge in [-0.05, 0) is 19.9 Å². The van der Waals surface area contributed by atoms with Gasteiger partial charge < -0.3 is 14.3 Å². The molecule has 13 heteroatoms. The Labute approximate surface area is 168 Å². The summed E-state index contributed by atoms with van der Waals surface area (Å²) in [6, 6.07) is 1.85. The normalized spacial score (nSPS) is 16.4. The molecule has 0 radical (unpaired) electrons. The summed E-state index contributed by atoms with van der Waals surface area (Å²) < 4.78 is 82.0. The van der Waals surface area contributed by atoms with Crippen LogP contribution in [-0.2, 0) is 25.2 Å². The smallest absolute Gasteiger partial charge is 0.389 e. The largest absolute Gasteiger partial charge is 0.397 e. The number of carbonyl (C=O) groups excluding carboxylic acids is 1. The highest BCUT2D eigenvalue weighted by atomic mass is 32.2. The van der Waals surface area contributed by atoms with Crippen LogP contribution in [0.1, 0.15) is 32.4 Å². The number of carbonyl (C=O) groups is 1. The first-order valence-corrected chi connectivity index (χ1v) is 10.2. The highest BCUT2D eigenvalue weighted by Gasteiger charge is 2.37. The van der Waals surface area contributed by atoms with Crippen molar-refractivity contribution in [3.8, 4) is 0 Å². The molecule has 8 nitrogen and oxygen atoms in total. The van der Waals surface area contributed by atoms with Crippen molar-refractivity contribution in [1.82, 2.24) is 5.16 Å². The van der Waals surface area contributed by atoms with E-state index in [1.165, 1.54) is 0 Å². The second kappa shape index (κ2) is 7.22. The van der Waals surface area contributed by atoms with Crippen molar-refractivity contribution in [3.63, 3.8) is 0 Å². The van der Waals surface area contributed by atoms with E-state index in [9.17, 15) is 30.8 Å². The summed E-state index contributed by atoms with van der Waals surface area (Å²) in [6.45, 7) is 3.32. The Balaban J connectivity index is 1.93. The average Bonchev–Trinajstić information content (AvgIpc) is 3.15. The fourth-order valence-corrected chi connectivity index (χ4v) is 4.27. The van der Waals surface area contributed by atoms with Gasteiger partial charge in [0.05, 0.1) is 5.69 Å². The van der Waals surface area contributed by atoms with Gasteiger partial charge in [0.1, 0.15) is 23.5 Å². The minimum absolute atomic E-state index is 0.0413. The van der Waals surface area contributed by atoms with E-state index in [0.717, 1.165) is 19.2 Å². The van der Waals surface area contributed by atoms with Crippen LogP contribution in [0.2, 0.25) is 0 Å². The Kier molecular flexibility index (Phi) is 5.29. The fourth-order valence-electron chi connectivity index (χ4n) is 2.82. The number of hydrogen-bond donors (Lipinski definition) is 0. The molecule has 0 atom stereocenters. The van der Waals surface area contributed by atoms with Gasteiger partial charge in [-0.25, -0.2) is 12.8 Å². The zero-order chi connectivity index (χ0) is 22.5. The van der Waals surface area contributed by atoms with Crippen LogP contribution in [0, 0.1) is 5.82 Å². The molecule has 1 aromatic carbocycles. The van der Waals surface area contributed by atoms with Crippen molar-refractivity contribution in [2.75, 3.05) is 11.9 Å². The first-order valence-electron chi connectivity index (χ1n) is 8.57. The standard InChI is InChI=1S/C17H17F4N3O5S/c1-16(2)6-14(23-29-16)30(26,27)8-11-9-4-12(10(18)5-13(9)28-22-11)24(3)15(25)7-17(19,20)21/h4-5H,6-8H2,1-3H3. The molecular weight excluding hydrogens is 434 g/mol. The third-order valence-electron chi connectivity index (χ3n) is 4.36. The van der Waals surface area contributed by atoms with Crippen LogP contribution >= 0.6 is 0 Å². The number of alkyl halides is 3. The molecule has 0 aliphatic carbocycles. The third kappa shape index (κ3) is 4.55. The van der Waals surface area contributed by atoms with Crippen molar-refractivity contribution in [2.24, 2.45) is 5.16 Å². The van der Waals surface area contributed by atoms with Crippen molar-refractivity contribution in [3.05, 3.63) is 23.6 Å². The Bertz CT molecular complexity index is 1140. The van der Waals surface area contributed by atoms with Gasteiger partial charge in [-0.15, -0.1) is 0 Å². The van der Waals surface area contributed by atoms with E-state index in [2.05, 4.69) is 10.3 Å². The van der Waals surface area contributed by atoms with Crippen LogP contribution in [0.25, 0.3) is 11.0 Å². The molecule has 0 bridgehead atoms. The molecule has 1 aromatic heterocycles. The molecule has 0 saturated carbocycles. The monoisotopic (exact) mass is 451 g/mol. The Hall–Kier alpha value is -2.70. The molecule has 164 valence electrons. The number of nitrogens with zero attached hydrogens (tertiary/aromatic N) is 3. The van der Waals surface area contributed by atoms with E-state index in [4.69, 9.17) is 9.36 Å². The zero-order valence-electron chi connectivity index (χ0n) is 16.1. The quantitative estimate of drug-likeness (QED) is 0.661. The second-order valence-corrected chi connectivity index (χ2v) is 9.44. The molecule has 2 aromatic rings. The van der Waals surface area contributed by atoms with Crippen LogP contribution in [0.3, 0.4) is 0 Å². The summed E-state index contributed by atoms with van der Waals surface area (Å²) in [5.74, 6) is -3.06. The SMILES string of the molecule is CN(C(=O)CC(F)(F)F)c1cc2c(CS(=O)(=O)C3=NOC(C)(C)C3)noc2cc1F. The van der Waals surface area contributed by atoms with Gasteiger partial charge in [-0.1, -0.05) is 10.3 Å². The first-order chi connectivity index (χ1) is 13.7. The van der Waals surface area contributed by atoms with E-state index in [-0.39, 0.29) is 28.1 Å². The predicted octanol–water partition coefficient (Wildman–Crippen LogP) is 3.31. The molecule has 0 unspecified atom stereocenters. The zero-order valence-corrected chi connectivity index (χ0v) is 16.9. The van der Waals surface area contributed by atoms with Crippen LogP contribution in [0.15, 0.2) is 21.8 Å². The number of sulfone groups is 1. The van der Waals surface area contributed by atoms with Gasteiger partial charge >= 0.3 is 6.18 Å². The minimum Gasteiger partial charge on any atom is -0.389 e. The average molecular weight is 451 g/mol. The van der Waals surface area contributed by atoms with Gasteiger partial charge in [-0.3, -0.25) is 4.79 Å². The van der Waals surface area contributed by atoms with Crippen molar-refractivity contribution in [2.45, 2.75) is 44.2 Å². The van der Waals surface area contributed by atoms with Crippen LogP contribution in [0.5, 0.6) is 0 Å². The van der Waals surface area contributed by atoms with Crippen LogP contribution in [0.4, 0.5) is 23.2 Å². The maximum Gasteiger partial charge on any atom is 0.397 e. The molecule has 2 heterocycles. The number of oxime groups is 1. The van der Waals surface area contributed by atoms with E-state index in [0.29, 0.717) is 4.90 Å². The van der Waals surface area contributed by atoms with Crippen LogP contribution in [-0.4, -0.2) is 43.4 Å². The number of amides is 1. The number of rotatable bonds is 4. The maximum atomic E-state index is 14.3. The Morgan fingerprint density at radius 3 is 2.53 bits per heavy atom. The van der Waals surface area contributed by atoms with Gasteiger partial charge in [0.15, 0.2) is 16.4 Å². The molecule has 3 rings (SSSR count). The van der Waals surface area contributed by atoms with Crippen LogP contribution < -0.4 is 4.90 Å². The molecule has 1 aliphatic rings. The number of anilines is 1. The molecule has 0 spiro atoms. The third-order valence-corrected chi connectivity index (χ3v) is 5.95. The highest BCUT2D eigenvalue weighted by Crippen LogP contribution is 2.32. The summed E-state index contributed by atoms with van der Waals surface area (Å²) in [7, 11) is -2.97. The number of aromatic nitrogens is 1. The molecule has 0 saturated heterocycles. The molecular formula is C17H17F4N3O5S. The van der Waals surface area contributed by atoms with Crippen molar-refractivity contribution >= 4 is 37.4 Å². The molecule has 30 heavy (non-hydrogen) atoms. The van der Waals surface area contributed by atoms with Gasteiger partial charge in [0.25, 0.3) is 0 Å². The molecule has 1 amide bonds. The van der Waals surface area contributed by atoms with E-state index in [1.807, 2.05) is 0 Å². The van der Waals surface area contributed by atoms with Crippen molar-refractivity contribution in [1.29, 1.82) is 0 Å². The summed E-state index contributed by atoms with van der Waals surface area (Å²) in [4.78, 5) is 17.4. The number of hydrogen-bond acceptors (Lipinski definition) is 7. The number of benzene rings is 1.